The minimum Gasteiger partial charge on any atom is -0.309 e. The van der Waals surface area contributed by atoms with Gasteiger partial charge in [-0.1, -0.05) is 182 Å². The standard InChI is InChI=1S/C62H40N4/c1-4-15-41(16-5-1)46-20-14-21-49(37-46)56-40-55(45-18-6-2-7-19-45)63-62(64-56)66-57-26-13-12-25-52(57)53-38-47(32-34-58(53)66)42-27-29-43(30-28-42)48-33-35-59-54(39-48)61-51-24-11-10-17-44(51)31-36-60(61)65(59)50-22-8-3-9-23-50/h1-40H. The van der Waals surface area contributed by atoms with E-state index in [1.165, 1.54) is 49.3 Å². The molecule has 308 valence electrons. The average Bonchev–Trinajstić information content (AvgIpc) is 3.92. The highest BCUT2D eigenvalue weighted by Crippen LogP contribution is 2.40. The van der Waals surface area contributed by atoms with E-state index in [1.54, 1.807) is 0 Å². The second kappa shape index (κ2) is 15.4. The number of fused-ring (bicyclic) bond motifs is 8. The smallest absolute Gasteiger partial charge is 0.235 e. The van der Waals surface area contributed by atoms with Gasteiger partial charge < -0.3 is 4.57 Å². The second-order valence-corrected chi connectivity index (χ2v) is 17.0. The van der Waals surface area contributed by atoms with Crippen molar-refractivity contribution < 1.29 is 0 Å². The molecule has 0 N–H and O–H groups in total. The van der Waals surface area contributed by atoms with Gasteiger partial charge >= 0.3 is 0 Å². The summed E-state index contributed by atoms with van der Waals surface area (Å²) in [4.78, 5) is 10.6. The summed E-state index contributed by atoms with van der Waals surface area (Å²) in [5.41, 5.74) is 16.5. The first kappa shape index (κ1) is 37.7. The van der Waals surface area contributed by atoms with Crippen LogP contribution in [0.25, 0.3) is 122 Å². The maximum atomic E-state index is 5.34. The fourth-order valence-corrected chi connectivity index (χ4v) is 9.98. The average molecular weight is 841 g/mol. The highest BCUT2D eigenvalue weighted by Gasteiger charge is 2.19. The molecule has 0 bridgehead atoms. The molecule has 66 heavy (non-hydrogen) atoms. The number of para-hydroxylation sites is 2. The lowest BCUT2D eigenvalue weighted by atomic mass is 9.97. The molecule has 0 spiro atoms. The number of rotatable bonds is 7. The molecule has 13 aromatic rings. The summed E-state index contributed by atoms with van der Waals surface area (Å²) in [7, 11) is 0. The first-order valence-corrected chi connectivity index (χ1v) is 22.5. The molecule has 0 aliphatic heterocycles. The maximum absolute atomic E-state index is 5.34. The Hall–Kier alpha value is -8.86. The molecule has 0 fully saturated rings. The molecule has 4 nitrogen and oxygen atoms in total. The SMILES string of the molecule is c1ccc(-c2cccc(-c3cc(-c4ccccc4)nc(-n4c5ccccc5c5cc(-c6ccc(-c7ccc8c(c7)c7c9ccccc9ccc7n8-c7ccccc7)cc6)ccc54)n3)c2)cc1. The quantitative estimate of drug-likeness (QED) is 0.160. The minimum absolute atomic E-state index is 0.636. The highest BCUT2D eigenvalue weighted by molar-refractivity contribution is 6.22. The van der Waals surface area contributed by atoms with Crippen molar-refractivity contribution in [2.24, 2.45) is 0 Å². The fraction of sp³-hybridized carbons (Fsp3) is 0. The number of hydrogen-bond acceptors (Lipinski definition) is 2. The zero-order valence-electron chi connectivity index (χ0n) is 35.9. The molecule has 0 radical (unpaired) electrons. The van der Waals surface area contributed by atoms with Gasteiger partial charge in [0.15, 0.2) is 0 Å². The Bertz CT molecular complexity index is 3960. The van der Waals surface area contributed by atoms with Crippen LogP contribution < -0.4 is 0 Å². The predicted octanol–water partition coefficient (Wildman–Crippen LogP) is 16.2. The Balaban J connectivity index is 0.909. The third-order valence-electron chi connectivity index (χ3n) is 13.1. The molecule has 3 aromatic heterocycles. The maximum Gasteiger partial charge on any atom is 0.235 e. The van der Waals surface area contributed by atoms with Crippen molar-refractivity contribution in [3.05, 3.63) is 243 Å². The van der Waals surface area contributed by atoms with E-state index in [2.05, 4.69) is 246 Å². The van der Waals surface area contributed by atoms with Crippen molar-refractivity contribution >= 4 is 54.4 Å². The summed E-state index contributed by atoms with van der Waals surface area (Å²) < 4.78 is 4.62. The summed E-state index contributed by atoms with van der Waals surface area (Å²) in [6.07, 6.45) is 0. The van der Waals surface area contributed by atoms with Crippen LogP contribution in [0.15, 0.2) is 243 Å². The van der Waals surface area contributed by atoms with Gasteiger partial charge in [0.2, 0.25) is 5.95 Å². The first-order valence-electron chi connectivity index (χ1n) is 22.5. The Morgan fingerprint density at radius 1 is 0.258 bits per heavy atom. The lowest BCUT2D eigenvalue weighted by Crippen LogP contribution is -2.04. The molecule has 4 heteroatoms. The zero-order valence-corrected chi connectivity index (χ0v) is 35.9. The zero-order chi connectivity index (χ0) is 43.6. The molecule has 0 saturated carbocycles. The second-order valence-electron chi connectivity index (χ2n) is 17.0. The van der Waals surface area contributed by atoms with E-state index in [-0.39, 0.29) is 0 Å². The molecular formula is C62H40N4. The van der Waals surface area contributed by atoms with Crippen LogP contribution >= 0.6 is 0 Å². The van der Waals surface area contributed by atoms with E-state index >= 15 is 0 Å². The number of nitrogens with zero attached hydrogens (tertiary/aromatic N) is 4. The van der Waals surface area contributed by atoms with E-state index < -0.39 is 0 Å². The number of hydrogen-bond donors (Lipinski definition) is 0. The molecule has 0 saturated heterocycles. The minimum atomic E-state index is 0.636. The van der Waals surface area contributed by atoms with Gasteiger partial charge in [0, 0.05) is 38.4 Å². The molecule has 0 unspecified atom stereocenters. The van der Waals surface area contributed by atoms with Gasteiger partial charge in [-0.25, -0.2) is 9.97 Å². The third-order valence-corrected chi connectivity index (χ3v) is 13.1. The summed E-state index contributed by atoms with van der Waals surface area (Å²) >= 11 is 0. The summed E-state index contributed by atoms with van der Waals surface area (Å²) in [6.45, 7) is 0. The molecule has 0 atom stereocenters. The highest BCUT2D eigenvalue weighted by atomic mass is 15.2. The van der Waals surface area contributed by atoms with Gasteiger partial charge in [-0.2, -0.15) is 0 Å². The molecule has 13 rings (SSSR count). The van der Waals surface area contributed by atoms with Gasteiger partial charge in [-0.3, -0.25) is 4.57 Å². The molecule has 0 amide bonds. The van der Waals surface area contributed by atoms with E-state index in [9.17, 15) is 0 Å². The lowest BCUT2D eigenvalue weighted by molar-refractivity contribution is 0.995. The van der Waals surface area contributed by atoms with Crippen LogP contribution in [0, 0.1) is 0 Å². The van der Waals surface area contributed by atoms with E-state index in [0.29, 0.717) is 5.95 Å². The van der Waals surface area contributed by atoms with Crippen molar-refractivity contribution in [2.45, 2.75) is 0 Å². The summed E-state index contributed by atoms with van der Waals surface area (Å²) in [5, 5.41) is 7.35. The van der Waals surface area contributed by atoms with Crippen LogP contribution in [-0.2, 0) is 0 Å². The van der Waals surface area contributed by atoms with Gasteiger partial charge in [-0.05, 0) is 105 Å². The van der Waals surface area contributed by atoms with Crippen molar-refractivity contribution in [1.82, 2.24) is 19.1 Å². The van der Waals surface area contributed by atoms with Crippen molar-refractivity contribution in [3.8, 4) is 67.5 Å². The molecular weight excluding hydrogens is 801 g/mol. The first-order chi connectivity index (χ1) is 32.7. The van der Waals surface area contributed by atoms with Crippen LogP contribution in [0.5, 0.6) is 0 Å². The molecule has 3 heterocycles. The fourth-order valence-electron chi connectivity index (χ4n) is 9.98. The van der Waals surface area contributed by atoms with Crippen molar-refractivity contribution in [2.75, 3.05) is 0 Å². The molecule has 10 aromatic carbocycles. The Kier molecular flexibility index (Phi) is 8.81. The predicted molar refractivity (Wildman–Crippen MR) is 275 cm³/mol. The Labute approximate surface area is 382 Å². The third kappa shape index (κ3) is 6.30. The van der Waals surface area contributed by atoms with Gasteiger partial charge in [0.1, 0.15) is 0 Å². The van der Waals surface area contributed by atoms with Crippen LogP contribution in [-0.4, -0.2) is 19.1 Å². The largest absolute Gasteiger partial charge is 0.309 e. The van der Waals surface area contributed by atoms with Crippen molar-refractivity contribution in [1.29, 1.82) is 0 Å². The van der Waals surface area contributed by atoms with Gasteiger partial charge in [0.25, 0.3) is 0 Å². The number of benzene rings is 10. The van der Waals surface area contributed by atoms with Gasteiger partial charge in [0.05, 0.1) is 33.5 Å². The Morgan fingerprint density at radius 2 is 0.742 bits per heavy atom. The molecule has 0 aliphatic carbocycles. The van der Waals surface area contributed by atoms with E-state index in [4.69, 9.17) is 9.97 Å². The van der Waals surface area contributed by atoms with Crippen LogP contribution in [0.2, 0.25) is 0 Å². The Morgan fingerprint density at radius 3 is 1.47 bits per heavy atom. The van der Waals surface area contributed by atoms with Crippen LogP contribution in [0.1, 0.15) is 0 Å². The van der Waals surface area contributed by atoms with Crippen LogP contribution in [0.4, 0.5) is 0 Å². The molecule has 0 aliphatic rings. The lowest BCUT2D eigenvalue weighted by Gasteiger charge is -2.12. The normalized spacial score (nSPS) is 11.6. The van der Waals surface area contributed by atoms with Gasteiger partial charge in [-0.15, -0.1) is 0 Å². The van der Waals surface area contributed by atoms with Crippen molar-refractivity contribution in [3.63, 3.8) is 0 Å². The topological polar surface area (TPSA) is 35.6 Å². The monoisotopic (exact) mass is 840 g/mol. The van der Waals surface area contributed by atoms with E-state index in [1.807, 2.05) is 6.07 Å². The van der Waals surface area contributed by atoms with E-state index in [0.717, 1.165) is 66.7 Å². The summed E-state index contributed by atoms with van der Waals surface area (Å²) in [5.74, 6) is 0.636. The van der Waals surface area contributed by atoms with Crippen LogP contribution in [0.3, 0.4) is 0 Å². The summed E-state index contributed by atoms with van der Waals surface area (Å²) in [6, 6.07) is 86.9. The number of aromatic nitrogens is 4.